The molecule has 1 N–H and O–H groups in total. The van der Waals surface area contributed by atoms with Crippen LogP contribution in [0.1, 0.15) is 78.6 Å². The van der Waals surface area contributed by atoms with E-state index >= 15 is 0 Å². The second kappa shape index (κ2) is 8.72. The third kappa shape index (κ3) is 4.42. The number of methoxy groups -OCH3 is 1. The predicted molar refractivity (Wildman–Crippen MR) is 104 cm³/mol. The second-order valence-electron chi connectivity index (χ2n) is 8.00. The second-order valence-corrected chi connectivity index (χ2v) is 8.00. The van der Waals surface area contributed by atoms with Crippen molar-refractivity contribution in [3.63, 3.8) is 0 Å². The van der Waals surface area contributed by atoms with E-state index in [1.807, 2.05) is 0 Å². The molecular weight excluding hydrogens is 344 g/mol. The third-order valence-corrected chi connectivity index (χ3v) is 5.61. The van der Waals surface area contributed by atoms with Crippen LogP contribution in [0, 0.1) is 25.7 Å². The number of rotatable bonds is 8. The maximum absolute atomic E-state index is 13.3. The van der Waals surface area contributed by atoms with E-state index in [1.54, 1.807) is 25.7 Å². The molecule has 1 aromatic rings. The number of hydrogen-bond donors (Lipinski definition) is 1. The molecule has 1 fully saturated rings. The molecule has 1 aromatic heterocycles. The zero-order valence-electron chi connectivity index (χ0n) is 17.3. The van der Waals surface area contributed by atoms with E-state index in [-0.39, 0.29) is 17.6 Å². The minimum Gasteiger partial charge on any atom is -0.464 e. The summed E-state index contributed by atoms with van der Waals surface area (Å²) in [5.74, 6) is -0.0451. The first-order valence-electron chi connectivity index (χ1n) is 9.81. The van der Waals surface area contributed by atoms with E-state index in [0.717, 1.165) is 25.7 Å². The summed E-state index contributed by atoms with van der Waals surface area (Å²) in [6, 6.07) is -0.560. The maximum Gasteiger partial charge on any atom is 0.354 e. The number of amides is 1. The minimum atomic E-state index is -0.560. The number of ketones is 1. The Bertz CT molecular complexity index is 716. The van der Waals surface area contributed by atoms with E-state index in [9.17, 15) is 14.4 Å². The molecule has 0 spiro atoms. The molecule has 0 aromatic carbocycles. The van der Waals surface area contributed by atoms with Gasteiger partial charge in [-0.2, -0.15) is 0 Å². The van der Waals surface area contributed by atoms with Crippen molar-refractivity contribution in [3.8, 4) is 0 Å². The maximum atomic E-state index is 13.3. The van der Waals surface area contributed by atoms with E-state index in [0.29, 0.717) is 35.0 Å². The van der Waals surface area contributed by atoms with Crippen LogP contribution in [0.5, 0.6) is 0 Å². The summed E-state index contributed by atoms with van der Waals surface area (Å²) in [5, 5.41) is 0. The molecule has 1 aliphatic rings. The van der Waals surface area contributed by atoms with Crippen molar-refractivity contribution < 1.29 is 19.1 Å². The van der Waals surface area contributed by atoms with Crippen molar-refractivity contribution >= 4 is 17.7 Å². The average Bonchev–Trinajstić information content (AvgIpc) is 2.86. The van der Waals surface area contributed by atoms with Gasteiger partial charge in [-0.1, -0.05) is 20.3 Å². The lowest BCUT2D eigenvalue weighted by Gasteiger charge is -2.35. The Morgan fingerprint density at radius 2 is 1.81 bits per heavy atom. The standard InChI is InChI=1S/C21H32N2O4/c1-12(2)10-11-23(20(25)16-8-7-9-16)15(5)19(24)17-13(3)18(21(26)27-6)22-14(17)4/h12,15-16,22H,7-11H2,1-6H3. The normalized spacial score (nSPS) is 15.4. The van der Waals surface area contributed by atoms with Gasteiger partial charge in [0.25, 0.3) is 0 Å². The van der Waals surface area contributed by atoms with Crippen molar-refractivity contribution in [2.45, 2.75) is 66.3 Å². The van der Waals surface area contributed by atoms with E-state index in [2.05, 4.69) is 18.8 Å². The number of carbonyl (C=O) groups excluding carboxylic acids is 3. The minimum absolute atomic E-state index is 0.0476. The summed E-state index contributed by atoms with van der Waals surface area (Å²) in [6.07, 6.45) is 3.75. The number of aromatic amines is 1. The van der Waals surface area contributed by atoms with E-state index < -0.39 is 12.0 Å². The summed E-state index contributed by atoms with van der Waals surface area (Å²) < 4.78 is 4.78. The number of carbonyl (C=O) groups is 3. The predicted octanol–water partition coefficient (Wildman–Crippen LogP) is 3.66. The smallest absolute Gasteiger partial charge is 0.354 e. The molecule has 1 heterocycles. The number of H-pyrrole nitrogens is 1. The highest BCUT2D eigenvalue weighted by molar-refractivity contribution is 6.06. The third-order valence-electron chi connectivity index (χ3n) is 5.61. The van der Waals surface area contributed by atoms with E-state index in [4.69, 9.17) is 4.74 Å². The molecule has 0 bridgehead atoms. The summed E-state index contributed by atoms with van der Waals surface area (Å²) in [5.41, 5.74) is 1.99. The Hall–Kier alpha value is -2.11. The molecule has 27 heavy (non-hydrogen) atoms. The van der Waals surface area contributed by atoms with Gasteiger partial charge in [0.1, 0.15) is 5.69 Å². The van der Waals surface area contributed by atoms with Gasteiger partial charge in [-0.05, 0) is 51.5 Å². The molecule has 1 atom stereocenters. The number of Topliss-reactive ketones (excluding diaryl/α,β-unsaturated/α-hetero) is 1. The molecule has 0 saturated heterocycles. The first-order valence-corrected chi connectivity index (χ1v) is 9.81. The zero-order chi connectivity index (χ0) is 20.3. The van der Waals surface area contributed by atoms with Crippen molar-refractivity contribution in [1.29, 1.82) is 0 Å². The number of ether oxygens (including phenoxy) is 1. The van der Waals surface area contributed by atoms with Gasteiger partial charge in [-0.15, -0.1) is 0 Å². The van der Waals surface area contributed by atoms with Crippen LogP contribution < -0.4 is 0 Å². The fraction of sp³-hybridized carbons (Fsp3) is 0.667. The van der Waals surface area contributed by atoms with Crippen LogP contribution in [0.3, 0.4) is 0 Å². The topological polar surface area (TPSA) is 79.5 Å². The van der Waals surface area contributed by atoms with Crippen molar-refractivity contribution in [1.82, 2.24) is 9.88 Å². The van der Waals surface area contributed by atoms with Crippen LogP contribution in [0.4, 0.5) is 0 Å². The highest BCUT2D eigenvalue weighted by atomic mass is 16.5. The lowest BCUT2D eigenvalue weighted by molar-refractivity contribution is -0.139. The number of nitrogens with one attached hydrogen (secondary N) is 1. The van der Waals surface area contributed by atoms with Gasteiger partial charge in [0.05, 0.1) is 13.2 Å². The van der Waals surface area contributed by atoms with Crippen LogP contribution in [0.15, 0.2) is 0 Å². The van der Waals surface area contributed by atoms with Crippen molar-refractivity contribution in [3.05, 3.63) is 22.5 Å². The van der Waals surface area contributed by atoms with Crippen LogP contribution in [-0.4, -0.2) is 47.2 Å². The quantitative estimate of drug-likeness (QED) is 0.555. The SMILES string of the molecule is COC(=O)c1[nH]c(C)c(C(=O)C(C)N(CCC(C)C)C(=O)C2CCC2)c1C. The molecule has 1 unspecified atom stereocenters. The number of aryl methyl sites for hydroxylation is 1. The summed E-state index contributed by atoms with van der Waals surface area (Å²) in [6.45, 7) is 10.1. The van der Waals surface area contributed by atoms with Crippen molar-refractivity contribution in [2.75, 3.05) is 13.7 Å². The molecule has 1 aliphatic carbocycles. The Morgan fingerprint density at radius 3 is 2.30 bits per heavy atom. The Morgan fingerprint density at radius 1 is 1.19 bits per heavy atom. The summed E-state index contributed by atoms with van der Waals surface area (Å²) in [4.78, 5) is 42.8. The van der Waals surface area contributed by atoms with Gasteiger partial charge in [0, 0.05) is 23.7 Å². The van der Waals surface area contributed by atoms with Crippen LogP contribution in [0.25, 0.3) is 0 Å². The van der Waals surface area contributed by atoms with Gasteiger partial charge >= 0.3 is 5.97 Å². The van der Waals surface area contributed by atoms with Gasteiger partial charge < -0.3 is 14.6 Å². The monoisotopic (exact) mass is 376 g/mol. The average molecular weight is 376 g/mol. The lowest BCUT2D eigenvalue weighted by Crippen LogP contribution is -2.48. The summed E-state index contributed by atoms with van der Waals surface area (Å²) >= 11 is 0. The van der Waals surface area contributed by atoms with Crippen LogP contribution in [-0.2, 0) is 9.53 Å². The Kier molecular flexibility index (Phi) is 6.84. The van der Waals surface area contributed by atoms with Gasteiger partial charge in [-0.25, -0.2) is 4.79 Å². The zero-order valence-corrected chi connectivity index (χ0v) is 17.3. The number of aromatic nitrogens is 1. The largest absolute Gasteiger partial charge is 0.464 e. The Balaban J connectivity index is 2.29. The van der Waals surface area contributed by atoms with Crippen molar-refractivity contribution in [2.24, 2.45) is 11.8 Å². The first-order chi connectivity index (χ1) is 12.7. The van der Waals surface area contributed by atoms with Gasteiger partial charge in [0.15, 0.2) is 5.78 Å². The van der Waals surface area contributed by atoms with Gasteiger partial charge in [0.2, 0.25) is 5.91 Å². The molecule has 6 heteroatoms. The molecular formula is C21H32N2O4. The fourth-order valence-corrected chi connectivity index (χ4v) is 3.56. The molecule has 1 saturated carbocycles. The highest BCUT2D eigenvalue weighted by Gasteiger charge is 2.35. The molecule has 0 aliphatic heterocycles. The molecule has 1 amide bonds. The molecule has 6 nitrogen and oxygen atoms in total. The summed E-state index contributed by atoms with van der Waals surface area (Å²) in [7, 11) is 1.31. The number of esters is 1. The van der Waals surface area contributed by atoms with E-state index in [1.165, 1.54) is 7.11 Å². The first kappa shape index (κ1) is 21.2. The van der Waals surface area contributed by atoms with Crippen LogP contribution >= 0.6 is 0 Å². The van der Waals surface area contributed by atoms with Gasteiger partial charge in [-0.3, -0.25) is 9.59 Å². The highest BCUT2D eigenvalue weighted by Crippen LogP contribution is 2.30. The number of nitrogens with zero attached hydrogens (tertiary/aromatic N) is 1. The molecule has 0 radical (unpaired) electrons. The van der Waals surface area contributed by atoms with Crippen LogP contribution in [0.2, 0.25) is 0 Å². The fourth-order valence-electron chi connectivity index (χ4n) is 3.56. The lowest BCUT2D eigenvalue weighted by atomic mass is 9.83. The number of hydrogen-bond acceptors (Lipinski definition) is 4. The molecule has 150 valence electrons. The molecule has 2 rings (SSSR count). The Labute approximate surface area is 161 Å².